The van der Waals surface area contributed by atoms with Crippen LogP contribution in [0.4, 0.5) is 5.69 Å². The maximum Gasteiger partial charge on any atom is 0.0340 e. The van der Waals surface area contributed by atoms with Crippen LogP contribution in [0.2, 0.25) is 0 Å². The summed E-state index contributed by atoms with van der Waals surface area (Å²) in [5.74, 6) is 1.65. The maximum atomic E-state index is 3.48. The first-order valence-electron chi connectivity index (χ1n) is 6.09. The molecule has 0 amide bonds. The molecule has 82 valence electrons. The second-order valence-corrected chi connectivity index (χ2v) is 4.94. The van der Waals surface area contributed by atoms with Crippen molar-refractivity contribution in [3.8, 4) is 0 Å². The summed E-state index contributed by atoms with van der Waals surface area (Å²) in [6, 6.07) is 8.85. The van der Waals surface area contributed by atoms with Gasteiger partial charge in [-0.15, -0.1) is 0 Å². The fourth-order valence-corrected chi connectivity index (χ4v) is 1.81. The van der Waals surface area contributed by atoms with Gasteiger partial charge in [0.2, 0.25) is 0 Å². The minimum absolute atomic E-state index is 0.630. The monoisotopic (exact) mass is 203 g/mol. The lowest BCUT2D eigenvalue weighted by Gasteiger charge is -2.08. The Morgan fingerprint density at radius 3 is 2.40 bits per heavy atom. The van der Waals surface area contributed by atoms with Crippen molar-refractivity contribution >= 4 is 5.69 Å². The molecular weight excluding hydrogens is 182 g/mol. The van der Waals surface area contributed by atoms with E-state index in [0.29, 0.717) is 5.92 Å². The molecule has 0 aromatic heterocycles. The lowest BCUT2D eigenvalue weighted by atomic mass is 10.0. The molecule has 1 nitrogen and oxygen atoms in total. The van der Waals surface area contributed by atoms with Gasteiger partial charge in [-0.1, -0.05) is 38.8 Å². The van der Waals surface area contributed by atoms with Crippen molar-refractivity contribution < 1.29 is 0 Å². The van der Waals surface area contributed by atoms with Gasteiger partial charge >= 0.3 is 0 Å². The summed E-state index contributed by atoms with van der Waals surface area (Å²) in [5.41, 5.74) is 2.68. The zero-order valence-corrected chi connectivity index (χ0v) is 9.79. The van der Waals surface area contributed by atoms with Crippen LogP contribution in [0.3, 0.4) is 0 Å². The molecule has 2 rings (SSSR count). The highest BCUT2D eigenvalue weighted by Crippen LogP contribution is 2.32. The van der Waals surface area contributed by atoms with Gasteiger partial charge in [0.25, 0.3) is 0 Å². The van der Waals surface area contributed by atoms with Gasteiger partial charge < -0.3 is 5.32 Å². The van der Waals surface area contributed by atoms with E-state index in [1.165, 1.54) is 30.5 Å². The molecule has 0 aliphatic heterocycles. The first-order valence-corrected chi connectivity index (χ1v) is 6.09. The van der Waals surface area contributed by atoms with Crippen LogP contribution in [-0.4, -0.2) is 6.54 Å². The van der Waals surface area contributed by atoms with Crippen molar-refractivity contribution in [3.05, 3.63) is 29.8 Å². The minimum atomic E-state index is 0.630. The number of hydrogen-bond acceptors (Lipinski definition) is 1. The lowest BCUT2D eigenvalue weighted by molar-refractivity contribution is 0.760. The van der Waals surface area contributed by atoms with Crippen LogP contribution in [0.25, 0.3) is 0 Å². The third-order valence-corrected chi connectivity index (χ3v) is 3.16. The van der Waals surface area contributed by atoms with E-state index in [2.05, 4.69) is 43.4 Å². The van der Waals surface area contributed by atoms with Crippen LogP contribution in [0, 0.1) is 5.92 Å². The first-order chi connectivity index (χ1) is 7.25. The molecule has 0 atom stereocenters. The van der Waals surface area contributed by atoms with Crippen LogP contribution in [0.1, 0.15) is 44.6 Å². The van der Waals surface area contributed by atoms with E-state index in [1.54, 1.807) is 0 Å². The van der Waals surface area contributed by atoms with E-state index in [0.717, 1.165) is 12.5 Å². The SMILES string of the molecule is CC(C)c1ccc(NCCC2CC2)cc1. The third-order valence-electron chi connectivity index (χ3n) is 3.16. The zero-order valence-electron chi connectivity index (χ0n) is 9.79. The summed E-state index contributed by atoms with van der Waals surface area (Å²) in [7, 11) is 0. The van der Waals surface area contributed by atoms with Crippen molar-refractivity contribution in [2.45, 2.75) is 39.0 Å². The standard InChI is InChI=1S/C14H21N/c1-11(2)13-5-7-14(8-6-13)15-10-9-12-3-4-12/h5-8,11-12,15H,3-4,9-10H2,1-2H3. The number of hydrogen-bond donors (Lipinski definition) is 1. The molecule has 0 saturated heterocycles. The highest BCUT2D eigenvalue weighted by molar-refractivity contribution is 5.45. The van der Waals surface area contributed by atoms with Crippen molar-refractivity contribution in [3.63, 3.8) is 0 Å². The Morgan fingerprint density at radius 2 is 1.87 bits per heavy atom. The lowest BCUT2D eigenvalue weighted by Crippen LogP contribution is -2.02. The molecule has 1 saturated carbocycles. The van der Waals surface area contributed by atoms with Crippen molar-refractivity contribution in [2.75, 3.05) is 11.9 Å². The summed E-state index contributed by atoms with van der Waals surface area (Å²) in [6.45, 7) is 5.59. The van der Waals surface area contributed by atoms with Crippen LogP contribution in [0.5, 0.6) is 0 Å². The summed E-state index contributed by atoms with van der Waals surface area (Å²) in [5, 5.41) is 3.48. The van der Waals surface area contributed by atoms with Crippen LogP contribution < -0.4 is 5.32 Å². The number of rotatable bonds is 5. The van der Waals surface area contributed by atoms with Gasteiger partial charge in [-0.05, 0) is 36.0 Å². The molecule has 1 N–H and O–H groups in total. The second-order valence-electron chi connectivity index (χ2n) is 4.94. The van der Waals surface area contributed by atoms with Gasteiger partial charge in [0.05, 0.1) is 0 Å². The van der Waals surface area contributed by atoms with E-state index in [1.807, 2.05) is 0 Å². The molecule has 0 spiro atoms. The van der Waals surface area contributed by atoms with Gasteiger partial charge in [-0.3, -0.25) is 0 Å². The fraction of sp³-hybridized carbons (Fsp3) is 0.571. The normalized spacial score (nSPS) is 15.7. The van der Waals surface area contributed by atoms with Gasteiger partial charge in [-0.25, -0.2) is 0 Å². The zero-order chi connectivity index (χ0) is 10.7. The van der Waals surface area contributed by atoms with E-state index in [-0.39, 0.29) is 0 Å². The average molecular weight is 203 g/mol. The maximum absolute atomic E-state index is 3.48. The smallest absolute Gasteiger partial charge is 0.0340 e. The molecular formula is C14H21N. The molecule has 0 unspecified atom stereocenters. The summed E-state index contributed by atoms with van der Waals surface area (Å²) < 4.78 is 0. The highest BCUT2D eigenvalue weighted by atomic mass is 14.9. The van der Waals surface area contributed by atoms with Crippen molar-refractivity contribution in [1.82, 2.24) is 0 Å². The topological polar surface area (TPSA) is 12.0 Å². The predicted octanol–water partition coefficient (Wildman–Crippen LogP) is 4.02. The Kier molecular flexibility index (Phi) is 3.30. The van der Waals surface area contributed by atoms with Crippen molar-refractivity contribution in [1.29, 1.82) is 0 Å². The molecule has 15 heavy (non-hydrogen) atoms. The fourth-order valence-electron chi connectivity index (χ4n) is 1.81. The Balaban J connectivity index is 1.80. The molecule has 1 aromatic rings. The van der Waals surface area contributed by atoms with Gasteiger partial charge in [0.1, 0.15) is 0 Å². The Bertz CT molecular complexity index is 296. The van der Waals surface area contributed by atoms with Gasteiger partial charge in [-0.2, -0.15) is 0 Å². The molecule has 0 bridgehead atoms. The summed E-state index contributed by atoms with van der Waals surface area (Å²) in [4.78, 5) is 0. The second kappa shape index (κ2) is 4.69. The molecule has 1 heteroatoms. The Morgan fingerprint density at radius 1 is 1.20 bits per heavy atom. The molecule has 0 radical (unpaired) electrons. The first kappa shape index (κ1) is 10.5. The number of anilines is 1. The van der Waals surface area contributed by atoms with Crippen molar-refractivity contribution in [2.24, 2.45) is 5.92 Å². The van der Waals surface area contributed by atoms with E-state index >= 15 is 0 Å². The predicted molar refractivity (Wildman–Crippen MR) is 66.4 cm³/mol. The third kappa shape index (κ3) is 3.26. The van der Waals surface area contributed by atoms with E-state index in [4.69, 9.17) is 0 Å². The molecule has 1 aliphatic carbocycles. The molecule has 1 aliphatic rings. The van der Waals surface area contributed by atoms with Gasteiger partial charge in [0, 0.05) is 12.2 Å². The largest absolute Gasteiger partial charge is 0.385 e. The molecule has 1 fully saturated rings. The number of benzene rings is 1. The minimum Gasteiger partial charge on any atom is -0.385 e. The number of nitrogens with one attached hydrogen (secondary N) is 1. The summed E-state index contributed by atoms with van der Waals surface area (Å²) >= 11 is 0. The van der Waals surface area contributed by atoms with Crippen LogP contribution >= 0.6 is 0 Å². The average Bonchev–Trinajstić information content (AvgIpc) is 3.02. The van der Waals surface area contributed by atoms with Gasteiger partial charge in [0.15, 0.2) is 0 Å². The van der Waals surface area contributed by atoms with E-state index in [9.17, 15) is 0 Å². The molecule has 0 heterocycles. The Labute approximate surface area is 92.9 Å². The summed E-state index contributed by atoms with van der Waals surface area (Å²) in [6.07, 6.45) is 4.24. The Hall–Kier alpha value is -0.980. The highest BCUT2D eigenvalue weighted by Gasteiger charge is 2.19. The quantitative estimate of drug-likeness (QED) is 0.762. The molecule has 1 aromatic carbocycles. The van der Waals surface area contributed by atoms with Crippen LogP contribution in [0.15, 0.2) is 24.3 Å². The van der Waals surface area contributed by atoms with E-state index < -0.39 is 0 Å². The van der Waals surface area contributed by atoms with Crippen LogP contribution in [-0.2, 0) is 0 Å².